The van der Waals surface area contributed by atoms with Crippen molar-refractivity contribution in [3.63, 3.8) is 0 Å². The summed E-state index contributed by atoms with van der Waals surface area (Å²) < 4.78 is 2.15. The van der Waals surface area contributed by atoms with Crippen LogP contribution in [0.3, 0.4) is 0 Å². The average molecular weight is 307 g/mol. The van der Waals surface area contributed by atoms with E-state index in [1.54, 1.807) is 11.3 Å². The molecule has 22 heavy (non-hydrogen) atoms. The van der Waals surface area contributed by atoms with Gasteiger partial charge in [0.25, 0.3) is 0 Å². The summed E-state index contributed by atoms with van der Waals surface area (Å²) >= 11 is 1.60. The van der Waals surface area contributed by atoms with E-state index >= 15 is 0 Å². The maximum absolute atomic E-state index is 4.40. The van der Waals surface area contributed by atoms with Gasteiger partial charge >= 0.3 is 0 Å². The van der Waals surface area contributed by atoms with Crippen LogP contribution in [0.4, 0.5) is 0 Å². The number of rotatable bonds is 3. The highest BCUT2D eigenvalue weighted by molar-refractivity contribution is 7.07. The molecule has 3 nitrogen and oxygen atoms in total. The summed E-state index contributed by atoms with van der Waals surface area (Å²) in [4.78, 5) is 0.867. The van der Waals surface area contributed by atoms with Crippen molar-refractivity contribution in [3.05, 3.63) is 70.8 Å². The van der Waals surface area contributed by atoms with Gasteiger partial charge in [-0.05, 0) is 31.5 Å². The lowest BCUT2D eigenvalue weighted by molar-refractivity contribution is 0.969. The molecule has 0 aliphatic carbocycles. The Morgan fingerprint density at radius 3 is 2.18 bits per heavy atom. The SMILES string of the molecule is CC(C)=N/N=c1\scc(-c2ccccc2)n1-c1ccccc1. The molecule has 0 amide bonds. The van der Waals surface area contributed by atoms with Gasteiger partial charge in [-0.15, -0.1) is 16.4 Å². The van der Waals surface area contributed by atoms with Crippen LogP contribution in [0.2, 0.25) is 0 Å². The summed E-state index contributed by atoms with van der Waals surface area (Å²) in [5.41, 5.74) is 4.32. The summed E-state index contributed by atoms with van der Waals surface area (Å²) in [6.07, 6.45) is 0. The molecule has 0 N–H and O–H groups in total. The molecule has 0 fully saturated rings. The summed E-state index contributed by atoms with van der Waals surface area (Å²) in [5.74, 6) is 0. The van der Waals surface area contributed by atoms with Crippen LogP contribution in [-0.4, -0.2) is 10.3 Å². The Balaban J connectivity index is 2.25. The van der Waals surface area contributed by atoms with Gasteiger partial charge in [0, 0.05) is 16.8 Å². The second-order valence-corrected chi connectivity index (χ2v) is 5.92. The van der Waals surface area contributed by atoms with Crippen molar-refractivity contribution in [2.24, 2.45) is 10.2 Å². The minimum atomic E-state index is 0.867. The molecule has 4 heteroatoms. The van der Waals surface area contributed by atoms with Gasteiger partial charge in [0.2, 0.25) is 4.80 Å². The zero-order valence-corrected chi connectivity index (χ0v) is 13.4. The standard InChI is InChI=1S/C18H17N3S/c1-14(2)19-20-18-21(16-11-7-4-8-12-16)17(13-22-18)15-9-5-3-6-10-15/h3-13H,1-2H3/b20-18-. The molecule has 0 bridgehead atoms. The van der Waals surface area contributed by atoms with Gasteiger partial charge in [-0.3, -0.25) is 4.57 Å². The second kappa shape index (κ2) is 6.54. The van der Waals surface area contributed by atoms with Crippen molar-refractivity contribution in [2.45, 2.75) is 13.8 Å². The van der Waals surface area contributed by atoms with Crippen molar-refractivity contribution in [1.29, 1.82) is 0 Å². The van der Waals surface area contributed by atoms with Crippen molar-refractivity contribution in [3.8, 4) is 16.9 Å². The fourth-order valence-electron chi connectivity index (χ4n) is 2.16. The predicted octanol–water partition coefficient (Wildman–Crippen LogP) is 4.50. The molecule has 0 spiro atoms. The van der Waals surface area contributed by atoms with E-state index in [1.807, 2.05) is 50.2 Å². The van der Waals surface area contributed by atoms with Gasteiger partial charge in [-0.25, -0.2) is 0 Å². The Bertz CT molecular complexity index is 839. The van der Waals surface area contributed by atoms with E-state index in [4.69, 9.17) is 0 Å². The minimum absolute atomic E-state index is 0.867. The lowest BCUT2D eigenvalue weighted by Crippen LogP contribution is -2.13. The molecule has 0 aliphatic rings. The van der Waals surface area contributed by atoms with Crippen LogP contribution in [0.25, 0.3) is 16.9 Å². The third-order valence-corrected chi connectivity index (χ3v) is 3.94. The largest absolute Gasteiger partial charge is 0.284 e. The normalized spacial score (nSPS) is 11.5. The molecule has 1 aromatic heterocycles. The number of nitrogens with zero attached hydrogens (tertiary/aromatic N) is 3. The molecule has 0 unspecified atom stereocenters. The van der Waals surface area contributed by atoms with E-state index < -0.39 is 0 Å². The van der Waals surface area contributed by atoms with Crippen LogP contribution in [0.1, 0.15) is 13.8 Å². The summed E-state index contributed by atoms with van der Waals surface area (Å²) in [6, 6.07) is 20.6. The van der Waals surface area contributed by atoms with Crippen LogP contribution >= 0.6 is 11.3 Å². The van der Waals surface area contributed by atoms with Crippen LogP contribution < -0.4 is 4.80 Å². The fourth-order valence-corrected chi connectivity index (χ4v) is 3.02. The molecular weight excluding hydrogens is 290 g/mol. The number of benzene rings is 2. The van der Waals surface area contributed by atoms with Gasteiger partial charge < -0.3 is 0 Å². The molecule has 0 atom stereocenters. The van der Waals surface area contributed by atoms with E-state index in [0.717, 1.165) is 21.9 Å². The maximum atomic E-state index is 4.40. The summed E-state index contributed by atoms with van der Waals surface area (Å²) in [6.45, 7) is 3.89. The highest BCUT2D eigenvalue weighted by Crippen LogP contribution is 2.23. The predicted molar refractivity (Wildman–Crippen MR) is 93.4 cm³/mol. The quantitative estimate of drug-likeness (QED) is 0.504. The second-order valence-electron chi connectivity index (χ2n) is 5.09. The van der Waals surface area contributed by atoms with Crippen LogP contribution in [-0.2, 0) is 0 Å². The Hall–Kier alpha value is -2.46. The molecule has 3 aromatic rings. The minimum Gasteiger partial charge on any atom is -0.284 e. The molecule has 0 aliphatic heterocycles. The first-order valence-electron chi connectivity index (χ1n) is 7.12. The molecule has 2 aromatic carbocycles. The highest BCUT2D eigenvalue weighted by Gasteiger charge is 2.09. The van der Waals surface area contributed by atoms with E-state index in [1.165, 1.54) is 5.56 Å². The van der Waals surface area contributed by atoms with Crippen LogP contribution in [0.5, 0.6) is 0 Å². The fraction of sp³-hybridized carbons (Fsp3) is 0.111. The maximum Gasteiger partial charge on any atom is 0.215 e. The zero-order valence-electron chi connectivity index (χ0n) is 12.6. The summed E-state index contributed by atoms with van der Waals surface area (Å²) in [5, 5.41) is 10.7. The number of thiazole rings is 1. The Morgan fingerprint density at radius 1 is 0.909 bits per heavy atom. The lowest BCUT2D eigenvalue weighted by atomic mass is 10.1. The molecule has 110 valence electrons. The number of aromatic nitrogens is 1. The molecule has 1 heterocycles. The number of para-hydroxylation sites is 1. The van der Waals surface area contributed by atoms with Crippen molar-refractivity contribution >= 4 is 17.0 Å². The van der Waals surface area contributed by atoms with Gasteiger partial charge in [0.1, 0.15) is 0 Å². The first kappa shape index (κ1) is 14.5. The van der Waals surface area contributed by atoms with Gasteiger partial charge in [0.15, 0.2) is 0 Å². The van der Waals surface area contributed by atoms with Crippen LogP contribution in [0.15, 0.2) is 76.2 Å². The van der Waals surface area contributed by atoms with E-state index in [0.29, 0.717) is 0 Å². The topological polar surface area (TPSA) is 29.6 Å². The van der Waals surface area contributed by atoms with Gasteiger partial charge in [0.05, 0.1) is 5.69 Å². The van der Waals surface area contributed by atoms with Crippen molar-refractivity contribution in [2.75, 3.05) is 0 Å². The first-order valence-corrected chi connectivity index (χ1v) is 8.00. The Kier molecular flexibility index (Phi) is 4.30. The molecule has 3 rings (SSSR count). The smallest absolute Gasteiger partial charge is 0.215 e. The lowest BCUT2D eigenvalue weighted by Gasteiger charge is -2.08. The van der Waals surface area contributed by atoms with Crippen molar-refractivity contribution in [1.82, 2.24) is 4.57 Å². The molecule has 0 saturated carbocycles. The van der Waals surface area contributed by atoms with Crippen molar-refractivity contribution < 1.29 is 0 Å². The van der Waals surface area contributed by atoms with Crippen LogP contribution in [0, 0.1) is 0 Å². The highest BCUT2D eigenvalue weighted by atomic mass is 32.1. The number of hydrogen-bond acceptors (Lipinski definition) is 3. The molecular formula is C18H17N3S. The Labute approximate surface area is 133 Å². The average Bonchev–Trinajstić information content (AvgIpc) is 2.98. The monoisotopic (exact) mass is 307 g/mol. The number of hydrogen-bond donors (Lipinski definition) is 0. The zero-order chi connectivity index (χ0) is 15.4. The first-order chi connectivity index (χ1) is 10.8. The van der Waals surface area contributed by atoms with E-state index in [9.17, 15) is 0 Å². The van der Waals surface area contributed by atoms with Gasteiger partial charge in [-0.2, -0.15) is 5.10 Å². The Morgan fingerprint density at radius 2 is 1.55 bits per heavy atom. The molecule has 0 saturated heterocycles. The van der Waals surface area contributed by atoms with Gasteiger partial charge in [-0.1, -0.05) is 48.5 Å². The molecule has 0 radical (unpaired) electrons. The van der Waals surface area contributed by atoms with E-state index in [2.05, 4.69) is 44.4 Å². The van der Waals surface area contributed by atoms with E-state index in [-0.39, 0.29) is 0 Å². The summed E-state index contributed by atoms with van der Waals surface area (Å²) in [7, 11) is 0. The third-order valence-electron chi connectivity index (χ3n) is 3.13. The third kappa shape index (κ3) is 3.07.